The molecule has 0 spiro atoms. The molecule has 1 saturated heterocycles. The van der Waals surface area contributed by atoms with Crippen LogP contribution in [0.5, 0.6) is 0 Å². The summed E-state index contributed by atoms with van der Waals surface area (Å²) in [5.74, 6) is -0.207. The molecule has 0 radical (unpaired) electrons. The van der Waals surface area contributed by atoms with E-state index < -0.39 is 6.04 Å². The number of hydrogen-bond donors (Lipinski definition) is 3. The molecule has 1 heterocycles. The summed E-state index contributed by atoms with van der Waals surface area (Å²) in [6, 6.07) is -0.221. The topological polar surface area (TPSA) is 70.2 Å². The van der Waals surface area contributed by atoms with Crippen LogP contribution in [0.2, 0.25) is 0 Å². The minimum Gasteiger partial charge on any atom is -0.350 e. The predicted molar refractivity (Wildman–Crippen MR) is 71.1 cm³/mol. The average molecular weight is 255 g/mol. The van der Waals surface area contributed by atoms with Gasteiger partial charge in [0.05, 0.1) is 0 Å². The maximum absolute atomic E-state index is 11.8. The number of carbonyl (C=O) groups excluding carboxylic acids is 2. The highest BCUT2D eigenvalue weighted by Crippen LogP contribution is 2.08. The fourth-order valence-electron chi connectivity index (χ4n) is 2.00. The average Bonchev–Trinajstić information content (AvgIpc) is 2.67. The SMILES string of the molecule is CC(NC(=O)CC1CCCN1)C(=O)NC(C)(C)C. The molecular formula is C13H25N3O2. The summed E-state index contributed by atoms with van der Waals surface area (Å²) in [6.07, 6.45) is 2.61. The van der Waals surface area contributed by atoms with Crippen molar-refractivity contribution in [1.82, 2.24) is 16.0 Å². The van der Waals surface area contributed by atoms with Crippen LogP contribution in [0.15, 0.2) is 0 Å². The van der Waals surface area contributed by atoms with Crippen LogP contribution in [0.25, 0.3) is 0 Å². The zero-order valence-electron chi connectivity index (χ0n) is 11.8. The fourth-order valence-corrected chi connectivity index (χ4v) is 2.00. The Balaban J connectivity index is 2.31. The maximum atomic E-state index is 11.8. The molecule has 0 bridgehead atoms. The highest BCUT2D eigenvalue weighted by atomic mass is 16.2. The van der Waals surface area contributed by atoms with Crippen molar-refractivity contribution in [3.05, 3.63) is 0 Å². The second-order valence-electron chi connectivity index (χ2n) is 6.03. The van der Waals surface area contributed by atoms with Gasteiger partial charge in [-0.1, -0.05) is 0 Å². The Labute approximate surface area is 109 Å². The number of amides is 2. The summed E-state index contributed by atoms with van der Waals surface area (Å²) in [4.78, 5) is 23.5. The van der Waals surface area contributed by atoms with Gasteiger partial charge in [0.1, 0.15) is 6.04 Å². The standard InChI is InChI=1S/C13H25N3O2/c1-9(12(18)16-13(2,3)4)15-11(17)8-10-6-5-7-14-10/h9-10,14H,5-8H2,1-4H3,(H,15,17)(H,16,18). The molecule has 1 aliphatic heterocycles. The molecule has 18 heavy (non-hydrogen) atoms. The third-order valence-electron chi connectivity index (χ3n) is 2.86. The van der Waals surface area contributed by atoms with Crippen molar-refractivity contribution in [2.24, 2.45) is 0 Å². The molecule has 1 aliphatic rings. The van der Waals surface area contributed by atoms with Crippen LogP contribution in [0, 0.1) is 0 Å². The molecular weight excluding hydrogens is 230 g/mol. The molecule has 2 amide bonds. The maximum Gasteiger partial charge on any atom is 0.242 e. The molecule has 5 nitrogen and oxygen atoms in total. The molecule has 2 unspecified atom stereocenters. The molecule has 5 heteroatoms. The summed E-state index contributed by atoms with van der Waals surface area (Å²) in [6.45, 7) is 8.45. The van der Waals surface area contributed by atoms with Crippen LogP contribution < -0.4 is 16.0 Å². The second kappa shape index (κ2) is 6.18. The number of nitrogens with one attached hydrogen (secondary N) is 3. The summed E-state index contributed by atoms with van der Waals surface area (Å²) in [7, 11) is 0. The molecule has 0 aliphatic carbocycles. The van der Waals surface area contributed by atoms with Gasteiger partial charge in [-0.3, -0.25) is 9.59 Å². The molecule has 0 aromatic heterocycles. The Hall–Kier alpha value is -1.10. The Kier molecular flexibility index (Phi) is 5.14. The molecule has 104 valence electrons. The van der Waals surface area contributed by atoms with E-state index in [1.54, 1.807) is 6.92 Å². The third-order valence-corrected chi connectivity index (χ3v) is 2.86. The van der Waals surface area contributed by atoms with Gasteiger partial charge in [-0.15, -0.1) is 0 Å². The molecule has 0 aromatic rings. The van der Waals surface area contributed by atoms with Gasteiger partial charge in [0, 0.05) is 18.0 Å². The van der Waals surface area contributed by atoms with Gasteiger partial charge < -0.3 is 16.0 Å². The zero-order chi connectivity index (χ0) is 13.8. The monoisotopic (exact) mass is 255 g/mol. The molecule has 1 rings (SSSR count). The number of hydrogen-bond acceptors (Lipinski definition) is 3. The van der Waals surface area contributed by atoms with Crippen molar-refractivity contribution in [3.63, 3.8) is 0 Å². The predicted octanol–water partition coefficient (Wildman–Crippen LogP) is 0.548. The van der Waals surface area contributed by atoms with Crippen LogP contribution in [-0.2, 0) is 9.59 Å². The van der Waals surface area contributed by atoms with E-state index in [4.69, 9.17) is 0 Å². The second-order valence-corrected chi connectivity index (χ2v) is 6.03. The lowest BCUT2D eigenvalue weighted by molar-refractivity contribution is -0.129. The largest absolute Gasteiger partial charge is 0.350 e. The number of rotatable bonds is 4. The molecule has 3 N–H and O–H groups in total. The lowest BCUT2D eigenvalue weighted by atomic mass is 10.1. The van der Waals surface area contributed by atoms with E-state index in [9.17, 15) is 9.59 Å². The first-order chi connectivity index (χ1) is 8.28. The van der Waals surface area contributed by atoms with E-state index in [1.807, 2.05) is 20.8 Å². The normalized spacial score (nSPS) is 21.4. The van der Waals surface area contributed by atoms with Gasteiger partial charge >= 0.3 is 0 Å². The summed E-state index contributed by atoms with van der Waals surface area (Å²) >= 11 is 0. The van der Waals surface area contributed by atoms with E-state index in [2.05, 4.69) is 16.0 Å². The van der Waals surface area contributed by atoms with Crippen molar-refractivity contribution in [1.29, 1.82) is 0 Å². The zero-order valence-corrected chi connectivity index (χ0v) is 11.8. The first-order valence-electron chi connectivity index (χ1n) is 6.63. The van der Waals surface area contributed by atoms with Gasteiger partial charge in [0.15, 0.2) is 0 Å². The lowest BCUT2D eigenvalue weighted by Crippen LogP contribution is -2.51. The Bertz CT molecular complexity index is 304. The molecule has 0 aromatic carbocycles. The van der Waals surface area contributed by atoms with Crippen molar-refractivity contribution >= 4 is 11.8 Å². The molecule has 2 atom stereocenters. The van der Waals surface area contributed by atoms with E-state index in [0.717, 1.165) is 19.4 Å². The molecule has 0 saturated carbocycles. The Morgan fingerprint density at radius 2 is 2.06 bits per heavy atom. The first kappa shape index (κ1) is 15.0. The summed E-state index contributed by atoms with van der Waals surface area (Å²) in [5, 5.41) is 8.85. The lowest BCUT2D eigenvalue weighted by Gasteiger charge is -2.24. The molecule has 1 fully saturated rings. The van der Waals surface area contributed by atoms with E-state index in [1.165, 1.54) is 0 Å². The Morgan fingerprint density at radius 3 is 2.56 bits per heavy atom. The van der Waals surface area contributed by atoms with Crippen LogP contribution in [-0.4, -0.2) is 36.0 Å². The van der Waals surface area contributed by atoms with Gasteiger partial charge in [-0.2, -0.15) is 0 Å². The van der Waals surface area contributed by atoms with Crippen molar-refractivity contribution < 1.29 is 9.59 Å². The van der Waals surface area contributed by atoms with Crippen LogP contribution in [0.4, 0.5) is 0 Å². The van der Waals surface area contributed by atoms with E-state index in [0.29, 0.717) is 6.42 Å². The first-order valence-corrected chi connectivity index (χ1v) is 6.63. The summed E-state index contributed by atoms with van der Waals surface area (Å²) < 4.78 is 0. The van der Waals surface area contributed by atoms with Crippen LogP contribution in [0.1, 0.15) is 47.0 Å². The van der Waals surface area contributed by atoms with Gasteiger partial charge in [-0.05, 0) is 47.1 Å². The Morgan fingerprint density at radius 1 is 1.39 bits per heavy atom. The fraction of sp³-hybridized carbons (Fsp3) is 0.846. The number of carbonyl (C=O) groups is 2. The smallest absolute Gasteiger partial charge is 0.242 e. The van der Waals surface area contributed by atoms with Crippen molar-refractivity contribution in [3.8, 4) is 0 Å². The highest BCUT2D eigenvalue weighted by Gasteiger charge is 2.23. The van der Waals surface area contributed by atoms with E-state index in [-0.39, 0.29) is 23.4 Å². The summed E-state index contributed by atoms with van der Waals surface area (Å²) in [5.41, 5.74) is -0.275. The van der Waals surface area contributed by atoms with Gasteiger partial charge in [-0.25, -0.2) is 0 Å². The quantitative estimate of drug-likeness (QED) is 0.687. The van der Waals surface area contributed by atoms with Crippen LogP contribution >= 0.6 is 0 Å². The van der Waals surface area contributed by atoms with Crippen LogP contribution in [0.3, 0.4) is 0 Å². The highest BCUT2D eigenvalue weighted by molar-refractivity contribution is 5.87. The minimum absolute atomic E-state index is 0.0639. The van der Waals surface area contributed by atoms with Crippen molar-refractivity contribution in [2.45, 2.75) is 64.6 Å². The van der Waals surface area contributed by atoms with Gasteiger partial charge in [0.25, 0.3) is 0 Å². The third kappa shape index (κ3) is 5.49. The van der Waals surface area contributed by atoms with Crippen molar-refractivity contribution in [2.75, 3.05) is 6.54 Å². The van der Waals surface area contributed by atoms with E-state index >= 15 is 0 Å². The minimum atomic E-state index is -0.488. The van der Waals surface area contributed by atoms with Gasteiger partial charge in [0.2, 0.25) is 11.8 Å².